The number of likely N-dealkylation sites (tertiary alicyclic amines) is 1. The lowest BCUT2D eigenvalue weighted by Gasteiger charge is -2.19. The molecule has 0 aliphatic carbocycles. The number of aliphatic carboxylic acids is 1. The highest BCUT2D eigenvalue weighted by Crippen LogP contribution is 2.38. The number of benzene rings is 1. The number of ether oxygens (including phenoxy) is 1. The third-order valence-electron chi connectivity index (χ3n) is 3.79. The van der Waals surface area contributed by atoms with Crippen molar-refractivity contribution in [1.82, 2.24) is 4.90 Å². The molecule has 122 valence electrons. The molecule has 0 radical (unpaired) electrons. The largest absolute Gasteiger partial charge is 0.497 e. The summed E-state index contributed by atoms with van der Waals surface area (Å²) in [6.07, 6.45) is -4.51. The number of hydrogen-bond acceptors (Lipinski definition) is 3. The molecule has 1 aliphatic rings. The van der Waals surface area contributed by atoms with Gasteiger partial charge in [0.1, 0.15) is 5.75 Å². The van der Waals surface area contributed by atoms with Crippen LogP contribution in [0.25, 0.3) is 0 Å². The summed E-state index contributed by atoms with van der Waals surface area (Å²) < 4.78 is 44.6. The number of methoxy groups -OCH3 is 1. The van der Waals surface area contributed by atoms with E-state index in [4.69, 9.17) is 9.84 Å². The van der Waals surface area contributed by atoms with Gasteiger partial charge in [0.05, 0.1) is 18.9 Å². The van der Waals surface area contributed by atoms with E-state index in [2.05, 4.69) is 15.9 Å². The Balaban J connectivity index is 2.13. The number of alkyl halides is 3. The van der Waals surface area contributed by atoms with Crippen LogP contribution >= 0.6 is 15.9 Å². The van der Waals surface area contributed by atoms with Crippen LogP contribution in [0, 0.1) is 11.8 Å². The fourth-order valence-corrected chi connectivity index (χ4v) is 3.10. The molecule has 0 bridgehead atoms. The molecular formula is C14H15BrF3NO3. The Morgan fingerprint density at radius 2 is 2.14 bits per heavy atom. The van der Waals surface area contributed by atoms with E-state index in [9.17, 15) is 18.0 Å². The third kappa shape index (κ3) is 3.73. The summed E-state index contributed by atoms with van der Waals surface area (Å²) in [4.78, 5) is 12.6. The molecule has 1 aliphatic heterocycles. The highest BCUT2D eigenvalue weighted by Gasteiger charge is 2.52. The van der Waals surface area contributed by atoms with E-state index in [1.165, 1.54) is 12.0 Å². The molecule has 8 heteroatoms. The Morgan fingerprint density at radius 3 is 2.59 bits per heavy atom. The second kappa shape index (κ2) is 6.45. The molecule has 0 amide bonds. The topological polar surface area (TPSA) is 49.8 Å². The van der Waals surface area contributed by atoms with E-state index >= 15 is 0 Å². The molecule has 0 unspecified atom stereocenters. The first-order chi connectivity index (χ1) is 10.2. The Bertz CT molecular complexity index is 565. The maximum Gasteiger partial charge on any atom is 0.393 e. The van der Waals surface area contributed by atoms with Crippen LogP contribution in [0.3, 0.4) is 0 Å². The van der Waals surface area contributed by atoms with E-state index in [-0.39, 0.29) is 19.6 Å². The SMILES string of the molecule is COc1ccc(CN2C[C@@H](C(F)(F)F)[C@H](C(=O)O)C2)c(Br)c1. The smallest absolute Gasteiger partial charge is 0.393 e. The van der Waals surface area contributed by atoms with Crippen LogP contribution in [0.15, 0.2) is 22.7 Å². The maximum absolute atomic E-state index is 12.9. The van der Waals surface area contributed by atoms with E-state index in [0.29, 0.717) is 10.2 Å². The number of carboxylic acids is 1. The number of hydrogen-bond donors (Lipinski definition) is 1. The normalized spacial score (nSPS) is 22.8. The van der Waals surface area contributed by atoms with Crippen molar-refractivity contribution in [2.75, 3.05) is 20.2 Å². The van der Waals surface area contributed by atoms with Gasteiger partial charge in [-0.2, -0.15) is 13.2 Å². The third-order valence-corrected chi connectivity index (χ3v) is 4.53. The number of rotatable bonds is 4. The molecule has 0 aromatic heterocycles. The second-order valence-corrected chi connectivity index (χ2v) is 6.10. The van der Waals surface area contributed by atoms with Gasteiger partial charge in [-0.3, -0.25) is 9.69 Å². The maximum atomic E-state index is 12.9. The zero-order chi connectivity index (χ0) is 16.5. The van der Waals surface area contributed by atoms with Crippen LogP contribution in [-0.2, 0) is 11.3 Å². The van der Waals surface area contributed by atoms with Gasteiger partial charge in [-0.25, -0.2) is 0 Å². The number of carboxylic acid groups (broad SMARTS) is 1. The molecule has 22 heavy (non-hydrogen) atoms. The molecule has 0 saturated carbocycles. The van der Waals surface area contributed by atoms with Crippen molar-refractivity contribution in [1.29, 1.82) is 0 Å². The molecule has 1 N–H and O–H groups in total. The van der Waals surface area contributed by atoms with Gasteiger partial charge in [0.25, 0.3) is 0 Å². The average Bonchev–Trinajstić information content (AvgIpc) is 2.85. The number of carbonyl (C=O) groups is 1. The van der Waals surface area contributed by atoms with Crippen molar-refractivity contribution in [3.05, 3.63) is 28.2 Å². The van der Waals surface area contributed by atoms with Crippen LogP contribution in [0.4, 0.5) is 13.2 Å². The van der Waals surface area contributed by atoms with Crippen molar-refractivity contribution < 1.29 is 27.8 Å². The zero-order valence-electron chi connectivity index (χ0n) is 11.7. The summed E-state index contributed by atoms with van der Waals surface area (Å²) in [6, 6.07) is 5.19. The zero-order valence-corrected chi connectivity index (χ0v) is 13.3. The lowest BCUT2D eigenvalue weighted by molar-refractivity contribution is -0.188. The molecular weight excluding hydrogens is 367 g/mol. The van der Waals surface area contributed by atoms with Crippen molar-refractivity contribution in [2.24, 2.45) is 11.8 Å². The van der Waals surface area contributed by atoms with Crippen LogP contribution in [0.5, 0.6) is 5.75 Å². The summed E-state index contributed by atoms with van der Waals surface area (Å²) in [7, 11) is 1.52. The van der Waals surface area contributed by atoms with Crippen LogP contribution < -0.4 is 4.74 Å². The predicted octanol–water partition coefficient (Wildman–Crippen LogP) is 3.15. The molecule has 1 saturated heterocycles. The van der Waals surface area contributed by atoms with Crippen molar-refractivity contribution in [3.8, 4) is 5.75 Å². The fraction of sp³-hybridized carbons (Fsp3) is 0.500. The minimum absolute atomic E-state index is 0.113. The van der Waals surface area contributed by atoms with E-state index in [1.54, 1.807) is 18.2 Å². The first-order valence-corrected chi connectivity index (χ1v) is 7.36. The van der Waals surface area contributed by atoms with Gasteiger partial charge in [-0.15, -0.1) is 0 Å². The first kappa shape index (κ1) is 17.1. The average molecular weight is 382 g/mol. The van der Waals surface area contributed by atoms with E-state index in [1.807, 2.05) is 0 Å². The molecule has 1 heterocycles. The van der Waals surface area contributed by atoms with Gasteiger partial charge in [-0.05, 0) is 17.7 Å². The second-order valence-electron chi connectivity index (χ2n) is 5.24. The molecule has 0 spiro atoms. The quantitative estimate of drug-likeness (QED) is 0.870. The minimum Gasteiger partial charge on any atom is -0.497 e. The molecule has 4 nitrogen and oxygen atoms in total. The fourth-order valence-electron chi connectivity index (χ4n) is 2.62. The Kier molecular flexibility index (Phi) is 5.01. The first-order valence-electron chi connectivity index (χ1n) is 6.56. The number of halogens is 4. The Hall–Kier alpha value is -1.28. The van der Waals surface area contributed by atoms with E-state index < -0.39 is 24.0 Å². The van der Waals surface area contributed by atoms with Gasteiger partial charge in [0, 0.05) is 24.1 Å². The summed E-state index contributed by atoms with van der Waals surface area (Å²) >= 11 is 3.35. The summed E-state index contributed by atoms with van der Waals surface area (Å²) in [6.45, 7) is -0.169. The summed E-state index contributed by atoms with van der Waals surface area (Å²) in [5.41, 5.74) is 0.785. The lowest BCUT2D eigenvalue weighted by atomic mass is 9.96. The van der Waals surface area contributed by atoms with Gasteiger partial charge >= 0.3 is 12.1 Å². The van der Waals surface area contributed by atoms with Crippen molar-refractivity contribution >= 4 is 21.9 Å². The molecule has 1 aromatic carbocycles. The molecule has 1 fully saturated rings. The van der Waals surface area contributed by atoms with Gasteiger partial charge in [0.2, 0.25) is 0 Å². The van der Waals surface area contributed by atoms with Crippen LogP contribution in [-0.4, -0.2) is 42.4 Å². The highest BCUT2D eigenvalue weighted by atomic mass is 79.9. The van der Waals surface area contributed by atoms with E-state index in [0.717, 1.165) is 5.56 Å². The van der Waals surface area contributed by atoms with Crippen LogP contribution in [0.2, 0.25) is 0 Å². The Morgan fingerprint density at radius 1 is 1.45 bits per heavy atom. The van der Waals surface area contributed by atoms with Gasteiger partial charge < -0.3 is 9.84 Å². The summed E-state index contributed by atoms with van der Waals surface area (Å²) in [5, 5.41) is 9.00. The Labute approximate surface area is 134 Å². The van der Waals surface area contributed by atoms with Crippen molar-refractivity contribution in [3.63, 3.8) is 0 Å². The monoisotopic (exact) mass is 381 g/mol. The molecule has 2 rings (SSSR count). The lowest BCUT2D eigenvalue weighted by Crippen LogP contribution is -2.33. The minimum atomic E-state index is -4.51. The van der Waals surface area contributed by atoms with Crippen LogP contribution in [0.1, 0.15) is 5.56 Å². The molecule has 1 aromatic rings. The van der Waals surface area contributed by atoms with Gasteiger partial charge in [0.15, 0.2) is 0 Å². The van der Waals surface area contributed by atoms with Crippen molar-refractivity contribution in [2.45, 2.75) is 12.7 Å². The highest BCUT2D eigenvalue weighted by molar-refractivity contribution is 9.10. The summed E-state index contributed by atoms with van der Waals surface area (Å²) in [5.74, 6) is -4.02. The molecule has 2 atom stereocenters. The predicted molar refractivity (Wildman–Crippen MR) is 76.6 cm³/mol. The number of nitrogens with zero attached hydrogens (tertiary/aromatic N) is 1. The van der Waals surface area contributed by atoms with Gasteiger partial charge in [-0.1, -0.05) is 22.0 Å². The standard InChI is InChI=1S/C14H15BrF3NO3/c1-22-9-3-2-8(12(15)4-9)5-19-6-10(13(20)21)11(7-19)14(16,17)18/h2-4,10-11H,5-7H2,1H3,(H,20,21)/t10-,11-/m1/s1.